The number of hydrogen-bond acceptors (Lipinski definition) is 5. The number of aromatic nitrogens is 1. The average molecular weight is 406 g/mol. The van der Waals surface area contributed by atoms with Crippen LogP contribution in [0.3, 0.4) is 0 Å². The summed E-state index contributed by atoms with van der Waals surface area (Å²) in [6.07, 6.45) is 0.294. The van der Waals surface area contributed by atoms with Gasteiger partial charge in [0.15, 0.2) is 0 Å². The lowest BCUT2D eigenvalue weighted by atomic mass is 10.2. The van der Waals surface area contributed by atoms with E-state index in [1.165, 1.54) is 21.8 Å². The summed E-state index contributed by atoms with van der Waals surface area (Å²) in [6, 6.07) is 11.7. The van der Waals surface area contributed by atoms with Gasteiger partial charge in [-0.25, -0.2) is 4.98 Å². The molecule has 3 rings (SSSR count). The van der Waals surface area contributed by atoms with Gasteiger partial charge in [-0.15, -0.1) is 22.7 Å². The zero-order valence-electron chi connectivity index (χ0n) is 14.7. The summed E-state index contributed by atoms with van der Waals surface area (Å²) in [5.41, 5.74) is 2.96. The minimum Gasteiger partial charge on any atom is -0.326 e. The first-order valence-electron chi connectivity index (χ1n) is 8.20. The molecule has 2 aromatic heterocycles. The Bertz CT molecular complexity index is 873. The fourth-order valence-electron chi connectivity index (χ4n) is 2.52. The Balaban J connectivity index is 1.50. The Morgan fingerprint density at radius 2 is 1.96 bits per heavy atom. The van der Waals surface area contributed by atoms with Gasteiger partial charge in [0.05, 0.1) is 16.5 Å². The number of halogens is 1. The van der Waals surface area contributed by atoms with Crippen LogP contribution in [0.5, 0.6) is 0 Å². The normalized spacial score (nSPS) is 11.1. The maximum Gasteiger partial charge on any atom is 0.231 e. The molecule has 0 saturated carbocycles. The van der Waals surface area contributed by atoms with Crippen LogP contribution in [-0.4, -0.2) is 22.8 Å². The van der Waals surface area contributed by atoms with Crippen molar-refractivity contribution in [2.45, 2.75) is 26.4 Å². The van der Waals surface area contributed by atoms with E-state index in [9.17, 15) is 4.79 Å². The summed E-state index contributed by atoms with van der Waals surface area (Å²) >= 11 is 9.09. The number of nitrogens with zero attached hydrogens (tertiary/aromatic N) is 2. The molecule has 0 atom stereocenters. The maximum absolute atomic E-state index is 12.2. The van der Waals surface area contributed by atoms with Crippen molar-refractivity contribution in [2.24, 2.45) is 0 Å². The molecular weight excluding hydrogens is 386 g/mol. The van der Waals surface area contributed by atoms with Crippen LogP contribution in [0.2, 0.25) is 4.34 Å². The molecule has 0 unspecified atom stereocenters. The summed E-state index contributed by atoms with van der Waals surface area (Å²) in [6.45, 7) is 3.59. The molecule has 1 aromatic carbocycles. The number of aryl methyl sites for hydroxylation is 1. The number of thiazole rings is 1. The molecule has 0 bridgehead atoms. The summed E-state index contributed by atoms with van der Waals surface area (Å²) in [5, 5.41) is 5.76. The highest BCUT2D eigenvalue weighted by Crippen LogP contribution is 2.23. The highest BCUT2D eigenvalue weighted by molar-refractivity contribution is 7.16. The minimum atomic E-state index is -0.0451. The molecule has 7 heteroatoms. The van der Waals surface area contributed by atoms with Gasteiger partial charge in [-0.05, 0) is 38.2 Å². The number of rotatable bonds is 7. The summed E-state index contributed by atoms with van der Waals surface area (Å²) in [5.74, 6) is -0.0451. The number of benzene rings is 1. The first kappa shape index (κ1) is 19.0. The first-order valence-corrected chi connectivity index (χ1v) is 10.3. The molecular formula is C19H20ClN3OS2. The number of amides is 1. The van der Waals surface area contributed by atoms with Gasteiger partial charge in [0.1, 0.15) is 5.01 Å². The van der Waals surface area contributed by atoms with Gasteiger partial charge < -0.3 is 5.32 Å². The van der Waals surface area contributed by atoms with Crippen molar-refractivity contribution in [1.82, 2.24) is 9.88 Å². The lowest BCUT2D eigenvalue weighted by Crippen LogP contribution is -2.17. The molecule has 26 heavy (non-hydrogen) atoms. The maximum atomic E-state index is 12.2. The van der Waals surface area contributed by atoms with Crippen LogP contribution >= 0.6 is 34.3 Å². The lowest BCUT2D eigenvalue weighted by molar-refractivity contribution is -0.115. The van der Waals surface area contributed by atoms with Crippen molar-refractivity contribution in [3.8, 4) is 0 Å². The van der Waals surface area contributed by atoms with E-state index >= 15 is 0 Å². The Kier molecular flexibility index (Phi) is 6.43. The Hall–Kier alpha value is -1.73. The zero-order chi connectivity index (χ0) is 18.5. The Morgan fingerprint density at radius 1 is 1.19 bits per heavy atom. The van der Waals surface area contributed by atoms with Crippen LogP contribution in [-0.2, 0) is 24.3 Å². The molecule has 4 nitrogen and oxygen atoms in total. The molecule has 0 radical (unpaired) electrons. The quantitative estimate of drug-likeness (QED) is 0.602. The molecule has 136 valence electrons. The molecule has 1 N–H and O–H groups in total. The van der Waals surface area contributed by atoms with Gasteiger partial charge in [-0.1, -0.05) is 29.3 Å². The van der Waals surface area contributed by atoms with Gasteiger partial charge in [-0.2, -0.15) is 0 Å². The third-order valence-corrected chi connectivity index (χ3v) is 5.85. The van der Waals surface area contributed by atoms with Crippen LogP contribution in [0.1, 0.15) is 21.1 Å². The fourth-order valence-corrected chi connectivity index (χ4v) is 4.47. The molecule has 0 fully saturated rings. The van der Waals surface area contributed by atoms with Crippen molar-refractivity contribution >= 4 is 45.9 Å². The summed E-state index contributed by atoms with van der Waals surface area (Å²) in [4.78, 5) is 20.2. The van der Waals surface area contributed by atoms with Gasteiger partial charge in [-0.3, -0.25) is 9.69 Å². The lowest BCUT2D eigenvalue weighted by Gasteiger charge is -2.13. The van der Waals surface area contributed by atoms with Crippen molar-refractivity contribution in [2.75, 3.05) is 12.4 Å². The number of hydrogen-bond donors (Lipinski definition) is 1. The number of thiophene rings is 1. The standard InChI is InChI=1S/C19H20ClN3OS2/c1-13-3-5-14(6-4-13)21-18(24)9-19-22-15(12-25-19)10-23(2)11-16-7-8-17(20)26-16/h3-8,12H,9-11H2,1-2H3,(H,21,24). The van der Waals surface area contributed by atoms with Crippen molar-refractivity contribution < 1.29 is 4.79 Å². The molecule has 0 spiro atoms. The second-order valence-corrected chi connectivity index (χ2v) is 8.94. The Morgan fingerprint density at radius 3 is 2.65 bits per heavy atom. The smallest absolute Gasteiger partial charge is 0.231 e. The van der Waals surface area contributed by atoms with E-state index in [2.05, 4.69) is 22.2 Å². The fraction of sp³-hybridized carbons (Fsp3) is 0.263. The molecule has 1 amide bonds. The number of nitrogens with one attached hydrogen (secondary N) is 1. The number of anilines is 1. The van der Waals surface area contributed by atoms with Crippen LogP contribution in [0, 0.1) is 6.92 Å². The van der Waals surface area contributed by atoms with Gasteiger partial charge >= 0.3 is 0 Å². The van der Waals surface area contributed by atoms with E-state index < -0.39 is 0 Å². The Labute approximate surface area is 166 Å². The molecule has 0 aliphatic carbocycles. The molecule has 3 aromatic rings. The third kappa shape index (κ3) is 5.64. The van der Waals surface area contributed by atoms with E-state index in [1.54, 1.807) is 11.3 Å². The molecule has 0 aliphatic rings. The SMILES string of the molecule is Cc1ccc(NC(=O)Cc2nc(CN(C)Cc3ccc(Cl)s3)cs2)cc1. The van der Waals surface area contributed by atoms with Crippen molar-refractivity contribution in [1.29, 1.82) is 0 Å². The summed E-state index contributed by atoms with van der Waals surface area (Å²) in [7, 11) is 2.05. The minimum absolute atomic E-state index is 0.0451. The van der Waals surface area contributed by atoms with Crippen LogP contribution < -0.4 is 5.32 Å². The van der Waals surface area contributed by atoms with E-state index in [0.717, 1.165) is 33.8 Å². The van der Waals surface area contributed by atoms with Gasteiger partial charge in [0.25, 0.3) is 0 Å². The molecule has 0 saturated heterocycles. The number of carbonyl (C=O) groups excluding carboxylic acids is 1. The zero-order valence-corrected chi connectivity index (χ0v) is 17.0. The highest BCUT2D eigenvalue weighted by atomic mass is 35.5. The topological polar surface area (TPSA) is 45.2 Å². The first-order chi connectivity index (χ1) is 12.5. The molecule has 2 heterocycles. The van der Waals surface area contributed by atoms with E-state index in [0.29, 0.717) is 6.42 Å². The predicted molar refractivity (Wildman–Crippen MR) is 110 cm³/mol. The number of carbonyl (C=O) groups is 1. The largest absolute Gasteiger partial charge is 0.326 e. The van der Waals surface area contributed by atoms with Gasteiger partial charge in [0, 0.05) is 29.0 Å². The second kappa shape index (κ2) is 8.77. The average Bonchev–Trinajstić information content (AvgIpc) is 3.18. The van der Waals surface area contributed by atoms with Crippen molar-refractivity contribution in [3.63, 3.8) is 0 Å². The second-order valence-electron chi connectivity index (χ2n) is 6.20. The van der Waals surface area contributed by atoms with Crippen molar-refractivity contribution in [3.05, 3.63) is 67.3 Å². The van der Waals surface area contributed by atoms with E-state index in [1.807, 2.05) is 48.7 Å². The van der Waals surface area contributed by atoms with E-state index in [-0.39, 0.29) is 5.91 Å². The van der Waals surface area contributed by atoms with Crippen LogP contribution in [0.25, 0.3) is 0 Å². The van der Waals surface area contributed by atoms with Crippen LogP contribution in [0.15, 0.2) is 41.8 Å². The predicted octanol–water partition coefficient (Wildman–Crippen LogP) is 4.98. The third-order valence-electron chi connectivity index (χ3n) is 3.73. The van der Waals surface area contributed by atoms with Crippen LogP contribution in [0.4, 0.5) is 5.69 Å². The molecule has 0 aliphatic heterocycles. The van der Waals surface area contributed by atoms with E-state index in [4.69, 9.17) is 11.6 Å². The van der Waals surface area contributed by atoms with Gasteiger partial charge in [0.2, 0.25) is 5.91 Å². The highest BCUT2D eigenvalue weighted by Gasteiger charge is 2.11. The summed E-state index contributed by atoms with van der Waals surface area (Å²) < 4.78 is 0.809. The monoisotopic (exact) mass is 405 g/mol.